The van der Waals surface area contributed by atoms with Gasteiger partial charge in [-0.15, -0.1) is 0 Å². The lowest BCUT2D eigenvalue weighted by Crippen LogP contribution is -2.24. The number of amides is 1. The zero-order valence-corrected chi connectivity index (χ0v) is 17.8. The number of carbonyl (C=O) groups is 1. The number of rotatable bonds is 3. The molecule has 1 aliphatic rings. The van der Waals surface area contributed by atoms with Crippen LogP contribution >= 0.6 is 0 Å². The maximum absolute atomic E-state index is 11.4. The van der Waals surface area contributed by atoms with Gasteiger partial charge in [-0.05, 0) is 43.7 Å². The number of anilines is 1. The van der Waals surface area contributed by atoms with E-state index in [1.54, 1.807) is 19.1 Å². The highest BCUT2D eigenvalue weighted by Crippen LogP contribution is 2.40. The molecule has 2 aromatic carbocycles. The van der Waals surface area contributed by atoms with Gasteiger partial charge < -0.3 is 4.74 Å². The number of fused-ring (bicyclic) bond motifs is 1. The molecule has 1 aliphatic heterocycles. The van der Waals surface area contributed by atoms with Crippen LogP contribution in [0.25, 0.3) is 22.2 Å². The number of hydrogen-bond acceptors (Lipinski definition) is 6. The molecule has 0 bridgehead atoms. The van der Waals surface area contributed by atoms with E-state index in [2.05, 4.69) is 37.4 Å². The van der Waals surface area contributed by atoms with Gasteiger partial charge in [-0.3, -0.25) is 15.4 Å². The number of carbonyl (C=O) groups excluding carboxylic acids is 1. The Morgan fingerprint density at radius 1 is 1.16 bits per heavy atom. The van der Waals surface area contributed by atoms with Crippen molar-refractivity contribution >= 4 is 28.4 Å². The molecule has 8 heteroatoms. The monoisotopic (exact) mass is 424 g/mol. The zero-order chi connectivity index (χ0) is 22.8. The van der Waals surface area contributed by atoms with Crippen molar-refractivity contribution in [1.82, 2.24) is 10.2 Å². The van der Waals surface area contributed by atoms with Gasteiger partial charge in [0.15, 0.2) is 0 Å². The van der Waals surface area contributed by atoms with Crippen molar-refractivity contribution in [2.75, 3.05) is 12.4 Å². The van der Waals surface area contributed by atoms with E-state index in [0.29, 0.717) is 22.7 Å². The summed E-state index contributed by atoms with van der Waals surface area (Å²) >= 11 is 0. The molecule has 0 aliphatic carbocycles. The highest BCUT2D eigenvalue weighted by Gasteiger charge is 2.34. The number of nitrogens with zero attached hydrogens (tertiary/aromatic N) is 4. The number of H-pyrrole nitrogens is 1. The van der Waals surface area contributed by atoms with Gasteiger partial charge in [-0.2, -0.15) is 15.6 Å². The van der Waals surface area contributed by atoms with Crippen molar-refractivity contribution < 1.29 is 9.53 Å². The summed E-state index contributed by atoms with van der Waals surface area (Å²) in [5, 5.41) is 30.5. The summed E-state index contributed by atoms with van der Waals surface area (Å²) in [6.45, 7) is 3.62. The molecule has 0 spiro atoms. The molecule has 3 aromatic rings. The molecular weight excluding hydrogens is 404 g/mol. The molecule has 8 nitrogen and oxygen atoms in total. The van der Waals surface area contributed by atoms with E-state index in [1.165, 1.54) is 7.11 Å². The minimum Gasteiger partial charge on any atom is -0.453 e. The first-order valence-corrected chi connectivity index (χ1v) is 9.96. The van der Waals surface area contributed by atoms with Crippen LogP contribution in [0.4, 0.5) is 10.5 Å². The Hall–Kier alpha value is -4.43. The largest absolute Gasteiger partial charge is 0.453 e. The summed E-state index contributed by atoms with van der Waals surface area (Å²) < 4.78 is 4.61. The number of aliphatic imine (C=N–C) groups is 1. The van der Waals surface area contributed by atoms with Crippen molar-refractivity contribution in [2.45, 2.75) is 19.8 Å². The van der Waals surface area contributed by atoms with Gasteiger partial charge in [0.25, 0.3) is 0 Å². The Balaban J connectivity index is 1.77. The maximum atomic E-state index is 11.4. The zero-order valence-electron chi connectivity index (χ0n) is 17.8. The first-order chi connectivity index (χ1) is 15.5. The second kappa shape index (κ2) is 8.37. The van der Waals surface area contributed by atoms with E-state index in [-0.39, 0.29) is 5.92 Å². The van der Waals surface area contributed by atoms with E-state index in [4.69, 9.17) is 0 Å². The number of methoxy groups -OCH3 is 1. The van der Waals surface area contributed by atoms with Crippen molar-refractivity contribution in [2.24, 2.45) is 10.9 Å². The third-order valence-electron chi connectivity index (χ3n) is 5.62. The minimum absolute atomic E-state index is 0.388. The molecule has 4 rings (SSSR count). The lowest BCUT2D eigenvalue weighted by Gasteiger charge is -2.26. The summed E-state index contributed by atoms with van der Waals surface area (Å²) in [7, 11) is 1.31. The van der Waals surface area contributed by atoms with Gasteiger partial charge in [-0.25, -0.2) is 4.79 Å². The quantitative estimate of drug-likeness (QED) is 0.618. The fourth-order valence-electron chi connectivity index (χ4n) is 4.03. The van der Waals surface area contributed by atoms with Gasteiger partial charge in [0.05, 0.1) is 47.6 Å². The predicted octanol–water partition coefficient (Wildman–Crippen LogP) is 4.90. The minimum atomic E-state index is -0.539. The molecule has 0 fully saturated rings. The van der Waals surface area contributed by atoms with Crippen LogP contribution in [0, 0.1) is 28.6 Å². The Morgan fingerprint density at radius 3 is 2.56 bits per heavy atom. The summed E-state index contributed by atoms with van der Waals surface area (Å²) in [5.41, 5.74) is 5.75. The third-order valence-corrected chi connectivity index (χ3v) is 5.62. The van der Waals surface area contributed by atoms with Crippen LogP contribution in [0.2, 0.25) is 0 Å². The molecule has 0 radical (unpaired) electrons. The Kier molecular flexibility index (Phi) is 5.44. The first kappa shape index (κ1) is 20.8. The van der Waals surface area contributed by atoms with Gasteiger partial charge in [0, 0.05) is 28.3 Å². The fourth-order valence-corrected chi connectivity index (χ4v) is 4.03. The topological polar surface area (TPSA) is 127 Å². The molecule has 2 heterocycles. The lowest BCUT2D eigenvalue weighted by molar-refractivity contribution is 0.187. The first-order valence-electron chi connectivity index (χ1n) is 9.96. The molecular formula is C24H20N6O2. The van der Waals surface area contributed by atoms with Crippen molar-refractivity contribution in [1.29, 1.82) is 10.5 Å². The molecule has 2 unspecified atom stereocenters. The Morgan fingerprint density at radius 2 is 1.91 bits per heavy atom. The lowest BCUT2D eigenvalue weighted by atomic mass is 9.76. The number of nitriles is 2. The van der Waals surface area contributed by atoms with Crippen LogP contribution in [0.1, 0.15) is 25.3 Å². The molecule has 2 atom stereocenters. The number of nitrogens with one attached hydrogen (secondary N) is 2. The average molecular weight is 424 g/mol. The summed E-state index contributed by atoms with van der Waals surface area (Å²) in [6, 6.07) is 17.6. The second-order valence-electron chi connectivity index (χ2n) is 7.52. The number of benzene rings is 2. The van der Waals surface area contributed by atoms with E-state index >= 15 is 0 Å². The van der Waals surface area contributed by atoms with Gasteiger partial charge in [0.2, 0.25) is 0 Å². The molecule has 1 aromatic heterocycles. The van der Waals surface area contributed by atoms with E-state index in [9.17, 15) is 15.3 Å². The number of ether oxygens (including phenoxy) is 1. The summed E-state index contributed by atoms with van der Waals surface area (Å²) in [5.74, 6) is -0.897. The number of aromatic amines is 1. The molecule has 2 N–H and O–H groups in total. The van der Waals surface area contributed by atoms with E-state index in [1.807, 2.05) is 37.3 Å². The third kappa shape index (κ3) is 3.59. The molecule has 0 saturated heterocycles. The maximum Gasteiger partial charge on any atom is 0.411 e. The normalized spacial score (nSPS) is 18.0. The SMILES string of the molecule is COC(=O)Nc1ccc(-c2n[nH]c3ccc(C4C(C#N)=C(C)N=C(C)C4C#N)cc23)cc1. The van der Waals surface area contributed by atoms with Gasteiger partial charge >= 0.3 is 6.09 Å². The van der Waals surface area contributed by atoms with Gasteiger partial charge in [0.1, 0.15) is 0 Å². The number of aromatic nitrogens is 2. The Bertz CT molecular complexity index is 1350. The highest BCUT2D eigenvalue weighted by atomic mass is 16.5. The predicted molar refractivity (Wildman–Crippen MR) is 121 cm³/mol. The van der Waals surface area contributed by atoms with Crippen LogP contribution in [-0.4, -0.2) is 29.1 Å². The average Bonchev–Trinajstić information content (AvgIpc) is 3.22. The van der Waals surface area contributed by atoms with Crippen molar-refractivity contribution in [3.05, 3.63) is 59.3 Å². The highest BCUT2D eigenvalue weighted by molar-refractivity contribution is 5.95. The fraction of sp³-hybridized carbons (Fsp3) is 0.208. The van der Waals surface area contributed by atoms with E-state index in [0.717, 1.165) is 27.7 Å². The number of allylic oxidation sites excluding steroid dienone is 2. The molecule has 0 saturated carbocycles. The standard InChI is InChI=1S/C24H20N6O2/c1-13-19(11-25)22(20(12-26)14(2)27-13)16-6-9-21-18(10-16)23(30-29-21)15-4-7-17(8-5-15)28-24(31)32-3/h4-10,19,22H,1-3H3,(H,28,31)(H,29,30). The molecule has 32 heavy (non-hydrogen) atoms. The van der Waals surface area contributed by atoms with Gasteiger partial charge in [-0.1, -0.05) is 18.2 Å². The van der Waals surface area contributed by atoms with Crippen LogP contribution in [0.5, 0.6) is 0 Å². The van der Waals surface area contributed by atoms with Crippen molar-refractivity contribution in [3.63, 3.8) is 0 Å². The van der Waals surface area contributed by atoms with Crippen LogP contribution in [-0.2, 0) is 4.74 Å². The smallest absolute Gasteiger partial charge is 0.411 e. The van der Waals surface area contributed by atoms with Crippen LogP contribution in [0.15, 0.2) is 58.7 Å². The number of hydrogen-bond donors (Lipinski definition) is 2. The Labute approximate surface area is 184 Å². The summed E-state index contributed by atoms with van der Waals surface area (Å²) in [6.07, 6.45) is -0.539. The summed E-state index contributed by atoms with van der Waals surface area (Å²) in [4.78, 5) is 15.8. The van der Waals surface area contributed by atoms with Crippen LogP contribution < -0.4 is 5.32 Å². The molecule has 158 valence electrons. The second-order valence-corrected chi connectivity index (χ2v) is 7.52. The van der Waals surface area contributed by atoms with Crippen molar-refractivity contribution in [3.8, 4) is 23.4 Å². The van der Waals surface area contributed by atoms with Crippen LogP contribution in [0.3, 0.4) is 0 Å². The van der Waals surface area contributed by atoms with E-state index < -0.39 is 12.0 Å². The molecule has 1 amide bonds.